The molecule has 0 radical (unpaired) electrons. The number of fused-ring (bicyclic) bond motifs is 1. The molecule has 2 aromatic carbocycles. The zero-order chi connectivity index (χ0) is 21.4. The Bertz CT molecular complexity index is 1190. The van der Waals surface area contributed by atoms with E-state index in [-0.39, 0.29) is 23.8 Å². The smallest absolute Gasteiger partial charge is 0.279 e. The fourth-order valence-corrected chi connectivity index (χ4v) is 4.46. The fourth-order valence-electron chi connectivity index (χ4n) is 3.54. The minimum absolute atomic E-state index is 0.0595. The monoisotopic (exact) mass is 423 g/mol. The number of phenolic OH excluding ortho intramolecular Hbond substituents is 2. The predicted octanol–water partition coefficient (Wildman–Crippen LogP) is 3.27. The van der Waals surface area contributed by atoms with E-state index < -0.39 is 11.5 Å². The van der Waals surface area contributed by atoms with Gasteiger partial charge in [0.15, 0.2) is 16.7 Å². The fraction of sp³-hybridized carbons (Fsp3) is 0.227. The first kappa shape index (κ1) is 20.0. The Balaban J connectivity index is 1.71. The van der Waals surface area contributed by atoms with Crippen molar-refractivity contribution in [3.63, 3.8) is 0 Å². The van der Waals surface area contributed by atoms with Crippen LogP contribution in [0.5, 0.6) is 11.5 Å². The van der Waals surface area contributed by atoms with Gasteiger partial charge in [-0.05, 0) is 30.2 Å². The molecule has 0 unspecified atom stereocenters. The van der Waals surface area contributed by atoms with Gasteiger partial charge in [-0.25, -0.2) is 0 Å². The summed E-state index contributed by atoms with van der Waals surface area (Å²) in [4.78, 5) is 29.6. The van der Waals surface area contributed by atoms with Crippen LogP contribution in [0.4, 0.5) is 5.82 Å². The average Bonchev–Trinajstić information content (AvgIpc) is 2.72. The molecular weight excluding hydrogens is 402 g/mol. The van der Waals surface area contributed by atoms with Gasteiger partial charge in [-0.3, -0.25) is 9.59 Å². The minimum atomic E-state index is -0.553. The van der Waals surface area contributed by atoms with E-state index in [4.69, 9.17) is 0 Å². The molecule has 8 heteroatoms. The Hall–Kier alpha value is -3.26. The number of aromatic hydroxyl groups is 2. The number of phenols is 2. The third-order valence-corrected chi connectivity index (χ3v) is 6.29. The molecule has 1 atom stereocenters. The molecule has 0 aliphatic carbocycles. The largest absolute Gasteiger partial charge is 0.504 e. The highest BCUT2D eigenvalue weighted by Crippen LogP contribution is 2.38. The SMILES string of the molecule is Cc1ccc(CSc2nc(=O)c3c(n2C)NC(=O)C[C@H]3c2ccc(O)c(O)c2)cc1. The number of nitrogens with one attached hydrogen (secondary N) is 1. The number of hydrogen-bond donors (Lipinski definition) is 3. The lowest BCUT2D eigenvalue weighted by Crippen LogP contribution is -2.33. The predicted molar refractivity (Wildman–Crippen MR) is 115 cm³/mol. The van der Waals surface area contributed by atoms with E-state index in [2.05, 4.69) is 10.3 Å². The van der Waals surface area contributed by atoms with Crippen LogP contribution < -0.4 is 10.9 Å². The van der Waals surface area contributed by atoms with Gasteiger partial charge in [-0.1, -0.05) is 47.7 Å². The van der Waals surface area contributed by atoms with Crippen molar-refractivity contribution in [2.75, 3.05) is 5.32 Å². The van der Waals surface area contributed by atoms with Gasteiger partial charge in [0.05, 0.1) is 5.56 Å². The number of thioether (sulfide) groups is 1. The van der Waals surface area contributed by atoms with Crippen molar-refractivity contribution < 1.29 is 15.0 Å². The van der Waals surface area contributed by atoms with Gasteiger partial charge in [-0.15, -0.1) is 0 Å². The normalized spacial score (nSPS) is 15.5. The second-order valence-electron chi connectivity index (χ2n) is 7.35. The maximum absolute atomic E-state index is 12.9. The molecule has 4 rings (SSSR count). The maximum atomic E-state index is 12.9. The summed E-state index contributed by atoms with van der Waals surface area (Å²) in [7, 11) is 1.76. The highest BCUT2D eigenvalue weighted by atomic mass is 32.2. The van der Waals surface area contributed by atoms with E-state index in [1.807, 2.05) is 31.2 Å². The van der Waals surface area contributed by atoms with Gasteiger partial charge in [0.2, 0.25) is 5.91 Å². The molecule has 3 aromatic rings. The standard InChI is InChI=1S/C22H21N3O4S/c1-12-3-5-13(6-4-12)11-30-22-24-21(29)19-15(10-18(28)23-20(19)25(22)2)14-7-8-16(26)17(27)9-14/h3-9,15,26-27H,10-11H2,1-2H3,(H,23,28)/t15-/m0/s1. The maximum Gasteiger partial charge on any atom is 0.279 e. The number of benzene rings is 2. The Morgan fingerprint density at radius 2 is 1.87 bits per heavy atom. The molecule has 0 bridgehead atoms. The highest BCUT2D eigenvalue weighted by Gasteiger charge is 2.32. The van der Waals surface area contributed by atoms with Crippen LogP contribution in [0.25, 0.3) is 0 Å². The Morgan fingerprint density at radius 3 is 2.57 bits per heavy atom. The first-order chi connectivity index (χ1) is 14.3. The van der Waals surface area contributed by atoms with Crippen LogP contribution in [0.1, 0.15) is 34.6 Å². The van der Waals surface area contributed by atoms with Crippen molar-refractivity contribution in [1.82, 2.24) is 9.55 Å². The summed E-state index contributed by atoms with van der Waals surface area (Å²) in [5.74, 6) is -0.278. The first-order valence-corrected chi connectivity index (χ1v) is 10.4. The van der Waals surface area contributed by atoms with Crippen LogP contribution in [0.15, 0.2) is 52.4 Å². The van der Waals surface area contributed by atoms with Crippen molar-refractivity contribution in [1.29, 1.82) is 0 Å². The van der Waals surface area contributed by atoms with Crippen molar-refractivity contribution in [3.05, 3.63) is 75.1 Å². The Kier molecular flexibility index (Phi) is 5.26. The number of carbonyl (C=O) groups is 1. The molecule has 1 aliphatic rings. The van der Waals surface area contributed by atoms with Crippen LogP contribution in [-0.2, 0) is 17.6 Å². The van der Waals surface area contributed by atoms with Gasteiger partial charge in [0.25, 0.3) is 5.56 Å². The number of carbonyl (C=O) groups excluding carboxylic acids is 1. The van der Waals surface area contributed by atoms with Crippen LogP contribution in [0.3, 0.4) is 0 Å². The summed E-state index contributed by atoms with van der Waals surface area (Å²) in [5, 5.41) is 22.7. The number of nitrogens with zero attached hydrogens (tertiary/aromatic N) is 2. The molecule has 0 fully saturated rings. The molecule has 2 heterocycles. The molecular formula is C22H21N3O4S. The molecule has 0 saturated carbocycles. The van der Waals surface area contributed by atoms with Gasteiger partial charge >= 0.3 is 0 Å². The topological polar surface area (TPSA) is 104 Å². The molecule has 1 amide bonds. The Morgan fingerprint density at radius 1 is 1.13 bits per heavy atom. The molecule has 0 spiro atoms. The molecule has 1 aliphatic heterocycles. The number of anilines is 1. The van der Waals surface area contributed by atoms with Gasteiger partial charge in [0, 0.05) is 25.1 Å². The molecule has 7 nitrogen and oxygen atoms in total. The quantitative estimate of drug-likeness (QED) is 0.338. The molecule has 154 valence electrons. The van der Waals surface area contributed by atoms with E-state index in [1.165, 1.54) is 29.5 Å². The number of aryl methyl sites for hydroxylation is 1. The number of hydrogen-bond acceptors (Lipinski definition) is 6. The number of amides is 1. The average molecular weight is 423 g/mol. The second-order valence-corrected chi connectivity index (χ2v) is 8.29. The highest BCUT2D eigenvalue weighted by molar-refractivity contribution is 7.98. The van der Waals surface area contributed by atoms with E-state index in [0.29, 0.717) is 27.9 Å². The van der Waals surface area contributed by atoms with Gasteiger partial charge in [0.1, 0.15) is 5.82 Å². The van der Waals surface area contributed by atoms with Gasteiger partial charge in [-0.2, -0.15) is 4.98 Å². The third kappa shape index (κ3) is 3.78. The lowest BCUT2D eigenvalue weighted by molar-refractivity contribution is -0.116. The molecule has 0 saturated heterocycles. The summed E-state index contributed by atoms with van der Waals surface area (Å²) in [6.45, 7) is 2.03. The molecule has 3 N–H and O–H groups in total. The zero-order valence-electron chi connectivity index (χ0n) is 16.5. The van der Waals surface area contributed by atoms with Crippen LogP contribution in [-0.4, -0.2) is 25.7 Å². The summed E-state index contributed by atoms with van der Waals surface area (Å²) >= 11 is 1.42. The van der Waals surface area contributed by atoms with Crippen LogP contribution in [0.2, 0.25) is 0 Å². The second kappa shape index (κ2) is 7.87. The first-order valence-electron chi connectivity index (χ1n) is 9.44. The summed E-state index contributed by atoms with van der Waals surface area (Å²) < 4.78 is 1.72. The van der Waals surface area contributed by atoms with Gasteiger partial charge < -0.3 is 20.1 Å². The zero-order valence-corrected chi connectivity index (χ0v) is 17.4. The molecule has 30 heavy (non-hydrogen) atoms. The summed E-state index contributed by atoms with van der Waals surface area (Å²) in [5.41, 5.74) is 2.82. The lowest BCUT2D eigenvalue weighted by atomic mass is 9.86. The van der Waals surface area contributed by atoms with E-state index in [9.17, 15) is 19.8 Å². The van der Waals surface area contributed by atoms with E-state index in [0.717, 1.165) is 5.56 Å². The van der Waals surface area contributed by atoms with E-state index >= 15 is 0 Å². The van der Waals surface area contributed by atoms with Crippen molar-refractivity contribution in [2.45, 2.75) is 30.2 Å². The minimum Gasteiger partial charge on any atom is -0.504 e. The van der Waals surface area contributed by atoms with Crippen LogP contribution >= 0.6 is 11.8 Å². The van der Waals surface area contributed by atoms with Crippen molar-refractivity contribution >= 4 is 23.5 Å². The van der Waals surface area contributed by atoms with E-state index in [1.54, 1.807) is 17.7 Å². The number of aromatic nitrogens is 2. The van der Waals surface area contributed by atoms with Crippen LogP contribution in [0, 0.1) is 6.92 Å². The summed E-state index contributed by atoms with van der Waals surface area (Å²) in [6.07, 6.45) is 0.0595. The molecule has 1 aromatic heterocycles. The Labute approximate surface area is 177 Å². The number of rotatable bonds is 4. The van der Waals surface area contributed by atoms with Crippen molar-refractivity contribution in [2.24, 2.45) is 7.05 Å². The lowest BCUT2D eigenvalue weighted by Gasteiger charge is -2.27. The van der Waals surface area contributed by atoms with Crippen molar-refractivity contribution in [3.8, 4) is 11.5 Å². The third-order valence-electron chi connectivity index (χ3n) is 5.19. The summed E-state index contributed by atoms with van der Waals surface area (Å²) in [6, 6.07) is 12.5.